The highest BCUT2D eigenvalue weighted by Crippen LogP contribution is 2.16. The lowest BCUT2D eigenvalue weighted by molar-refractivity contribution is -0.400. The van der Waals surface area contributed by atoms with Gasteiger partial charge >= 0.3 is 5.97 Å². The van der Waals surface area contributed by atoms with Gasteiger partial charge < -0.3 is 10.8 Å². The molecule has 4 N–H and O–H groups in total. The third-order valence-corrected chi connectivity index (χ3v) is 2.72. The van der Waals surface area contributed by atoms with E-state index < -0.39 is 12.0 Å². The van der Waals surface area contributed by atoms with Crippen LogP contribution in [-0.4, -0.2) is 22.9 Å². The Morgan fingerprint density at radius 1 is 1.46 bits per heavy atom. The number of benzene rings is 1. The molecule has 0 heterocycles. The summed E-state index contributed by atoms with van der Waals surface area (Å²) < 4.78 is 0. The number of rotatable bonds is 4. The number of carboxylic acids is 1. The fourth-order valence-electron chi connectivity index (χ4n) is 0.785. The van der Waals surface area contributed by atoms with Gasteiger partial charge in [0, 0.05) is 4.90 Å². The molecule has 13 heavy (non-hydrogen) atoms. The molecule has 1 aromatic carbocycles. The van der Waals surface area contributed by atoms with Gasteiger partial charge in [-0.25, -0.2) is 4.79 Å². The highest BCUT2D eigenvalue weighted by atomic mass is 32.2. The molecule has 0 aromatic heterocycles. The van der Waals surface area contributed by atoms with E-state index in [1.165, 1.54) is 11.8 Å². The van der Waals surface area contributed by atoms with Crippen LogP contribution in [0.5, 0.6) is 0 Å². The molecule has 0 aliphatic heterocycles. The topological polar surface area (TPSA) is 64.9 Å². The van der Waals surface area contributed by atoms with Crippen molar-refractivity contribution in [1.82, 2.24) is 0 Å². The highest BCUT2D eigenvalue weighted by Gasteiger charge is 2.14. The molecule has 0 saturated heterocycles. The second-order valence-electron chi connectivity index (χ2n) is 2.66. The Balaban J connectivity index is 2.39. The maximum atomic E-state index is 10.4. The smallest absolute Gasteiger partial charge is 0.363 e. The van der Waals surface area contributed by atoms with Crippen LogP contribution in [0.25, 0.3) is 0 Å². The molecule has 0 spiro atoms. The van der Waals surface area contributed by atoms with E-state index >= 15 is 0 Å². The number of quaternary nitrogens is 1. The molecule has 70 valence electrons. The second-order valence-corrected chi connectivity index (χ2v) is 3.75. The van der Waals surface area contributed by atoms with Crippen molar-refractivity contribution in [3.8, 4) is 0 Å². The minimum Gasteiger partial charge on any atom is -0.477 e. The largest absolute Gasteiger partial charge is 0.477 e. The molecule has 0 fully saturated rings. The lowest BCUT2D eigenvalue weighted by Gasteiger charge is -2.02. The van der Waals surface area contributed by atoms with Crippen LogP contribution in [0.15, 0.2) is 35.2 Å². The van der Waals surface area contributed by atoms with Crippen LogP contribution in [0, 0.1) is 0 Å². The summed E-state index contributed by atoms with van der Waals surface area (Å²) in [6.07, 6.45) is 0. The maximum absolute atomic E-state index is 10.4. The fourth-order valence-corrected chi connectivity index (χ4v) is 1.67. The Morgan fingerprint density at radius 3 is 2.62 bits per heavy atom. The molecule has 3 nitrogen and oxygen atoms in total. The summed E-state index contributed by atoms with van der Waals surface area (Å²) in [5.41, 5.74) is 3.53. The van der Waals surface area contributed by atoms with Gasteiger partial charge in [-0.1, -0.05) is 18.2 Å². The van der Waals surface area contributed by atoms with Gasteiger partial charge in [-0.2, -0.15) is 0 Å². The molecule has 1 aromatic rings. The third kappa shape index (κ3) is 3.48. The average molecular weight is 198 g/mol. The van der Waals surface area contributed by atoms with Crippen molar-refractivity contribution < 1.29 is 15.6 Å². The number of hydrogen-bond acceptors (Lipinski definition) is 2. The van der Waals surface area contributed by atoms with Gasteiger partial charge in [0.05, 0.1) is 5.75 Å². The van der Waals surface area contributed by atoms with E-state index in [1.54, 1.807) is 0 Å². The van der Waals surface area contributed by atoms with Crippen LogP contribution in [0.1, 0.15) is 0 Å². The van der Waals surface area contributed by atoms with Crippen LogP contribution in [-0.2, 0) is 4.79 Å². The Hall–Kier alpha value is -1.00. The van der Waals surface area contributed by atoms with E-state index in [1.807, 2.05) is 30.3 Å². The van der Waals surface area contributed by atoms with Crippen LogP contribution < -0.4 is 5.73 Å². The molecular weight excluding hydrogens is 186 g/mol. The van der Waals surface area contributed by atoms with Crippen molar-refractivity contribution in [2.75, 3.05) is 5.75 Å². The van der Waals surface area contributed by atoms with E-state index in [-0.39, 0.29) is 0 Å². The maximum Gasteiger partial charge on any atom is 0.363 e. The Morgan fingerprint density at radius 2 is 2.08 bits per heavy atom. The Bertz CT molecular complexity index is 276. The first kappa shape index (κ1) is 10.1. The summed E-state index contributed by atoms with van der Waals surface area (Å²) in [4.78, 5) is 11.5. The van der Waals surface area contributed by atoms with Crippen molar-refractivity contribution in [1.29, 1.82) is 0 Å². The summed E-state index contributed by atoms with van der Waals surface area (Å²) in [5, 5.41) is 8.58. The van der Waals surface area contributed by atoms with Gasteiger partial charge in [0.2, 0.25) is 0 Å². The molecule has 1 atom stereocenters. The predicted molar refractivity (Wildman–Crippen MR) is 51.5 cm³/mol. The van der Waals surface area contributed by atoms with Gasteiger partial charge in [0.1, 0.15) is 0 Å². The normalized spacial score (nSPS) is 12.4. The van der Waals surface area contributed by atoms with E-state index in [4.69, 9.17) is 5.11 Å². The Kier molecular flexibility index (Phi) is 3.79. The molecular formula is C9H12NO2S+. The second kappa shape index (κ2) is 4.89. The zero-order valence-corrected chi connectivity index (χ0v) is 7.96. The summed E-state index contributed by atoms with van der Waals surface area (Å²) in [6.45, 7) is 0. The van der Waals surface area contributed by atoms with E-state index in [0.29, 0.717) is 5.75 Å². The summed E-state index contributed by atoms with van der Waals surface area (Å²) in [7, 11) is 0. The van der Waals surface area contributed by atoms with Crippen molar-refractivity contribution in [3.05, 3.63) is 30.3 Å². The minimum absolute atomic E-state index is 0.513. The van der Waals surface area contributed by atoms with Gasteiger partial charge in [-0.15, -0.1) is 11.8 Å². The van der Waals surface area contributed by atoms with E-state index in [2.05, 4.69) is 5.73 Å². The van der Waals surface area contributed by atoms with E-state index in [0.717, 1.165) is 4.90 Å². The third-order valence-electron chi connectivity index (χ3n) is 1.54. The quantitative estimate of drug-likeness (QED) is 0.691. The van der Waals surface area contributed by atoms with Crippen molar-refractivity contribution in [2.45, 2.75) is 10.9 Å². The molecule has 4 heteroatoms. The van der Waals surface area contributed by atoms with Gasteiger partial charge in [0.25, 0.3) is 0 Å². The SMILES string of the molecule is [NH3+]C(CSc1ccccc1)C(=O)O. The lowest BCUT2D eigenvalue weighted by Crippen LogP contribution is -2.66. The first-order chi connectivity index (χ1) is 6.20. The molecule has 0 amide bonds. The Labute approximate surface area is 80.9 Å². The molecule has 0 radical (unpaired) electrons. The van der Waals surface area contributed by atoms with Crippen molar-refractivity contribution in [3.63, 3.8) is 0 Å². The van der Waals surface area contributed by atoms with Gasteiger partial charge in [-0.3, -0.25) is 0 Å². The van der Waals surface area contributed by atoms with E-state index in [9.17, 15) is 4.79 Å². The van der Waals surface area contributed by atoms with Gasteiger partial charge in [-0.05, 0) is 12.1 Å². The van der Waals surface area contributed by atoms with Crippen LogP contribution in [0.4, 0.5) is 0 Å². The molecule has 0 bridgehead atoms. The molecule has 1 rings (SSSR count). The number of carbonyl (C=O) groups is 1. The summed E-state index contributed by atoms with van der Waals surface area (Å²) in [5.74, 6) is -0.331. The van der Waals surface area contributed by atoms with Gasteiger partial charge in [0.15, 0.2) is 6.04 Å². The number of aliphatic carboxylic acids is 1. The minimum atomic E-state index is -0.844. The number of thioether (sulfide) groups is 1. The zero-order valence-electron chi connectivity index (χ0n) is 7.14. The number of hydrogen-bond donors (Lipinski definition) is 2. The molecule has 1 unspecified atom stereocenters. The monoisotopic (exact) mass is 198 g/mol. The van der Waals surface area contributed by atoms with Crippen LogP contribution in [0.3, 0.4) is 0 Å². The first-order valence-corrected chi connectivity index (χ1v) is 4.92. The summed E-state index contributed by atoms with van der Waals surface area (Å²) in [6, 6.07) is 9.18. The predicted octanol–water partition coefficient (Wildman–Crippen LogP) is 0.474. The van der Waals surface area contributed by atoms with Crippen molar-refractivity contribution in [2.24, 2.45) is 0 Å². The zero-order chi connectivity index (χ0) is 9.68. The summed E-state index contributed by atoms with van der Waals surface area (Å²) >= 11 is 1.51. The molecule has 0 aliphatic rings. The van der Waals surface area contributed by atoms with Crippen molar-refractivity contribution >= 4 is 17.7 Å². The average Bonchev–Trinajstić information content (AvgIpc) is 2.15. The molecule has 0 aliphatic carbocycles. The molecule has 0 saturated carbocycles. The fraction of sp³-hybridized carbons (Fsp3) is 0.222. The number of carboxylic acid groups (broad SMARTS) is 1. The highest BCUT2D eigenvalue weighted by molar-refractivity contribution is 7.99. The van der Waals surface area contributed by atoms with Crippen LogP contribution >= 0.6 is 11.8 Å². The lowest BCUT2D eigenvalue weighted by atomic mass is 10.4. The van der Waals surface area contributed by atoms with Crippen LogP contribution in [0.2, 0.25) is 0 Å². The standard InChI is InChI=1S/C9H11NO2S/c10-8(9(11)12)6-13-7-4-2-1-3-5-7/h1-5,8H,6,10H2,(H,11,12)/p+1. The first-order valence-electron chi connectivity index (χ1n) is 3.94.